The van der Waals surface area contributed by atoms with Crippen molar-refractivity contribution in [1.29, 1.82) is 0 Å². The zero-order valence-electron chi connectivity index (χ0n) is 23.0. The summed E-state index contributed by atoms with van der Waals surface area (Å²) in [6.45, 7) is 0.427. The number of primary amides is 1. The minimum atomic E-state index is -1.25. The van der Waals surface area contributed by atoms with Crippen molar-refractivity contribution in [3.8, 4) is 0 Å². The van der Waals surface area contributed by atoms with Crippen LogP contribution in [0.2, 0.25) is 0 Å². The van der Waals surface area contributed by atoms with Gasteiger partial charge in [-0.3, -0.25) is 19.3 Å². The molecule has 1 unspecified atom stereocenters. The smallest absolute Gasteiger partial charge is 0.312 e. The van der Waals surface area contributed by atoms with Crippen LogP contribution in [0.3, 0.4) is 0 Å². The number of benzene rings is 4. The van der Waals surface area contributed by atoms with Gasteiger partial charge in [-0.1, -0.05) is 97.1 Å². The zero-order valence-corrected chi connectivity index (χ0v) is 23.0. The molecule has 0 spiro atoms. The first-order chi connectivity index (χ1) is 20.3. The Balaban J connectivity index is 1.63. The molecule has 0 fully saturated rings. The third kappa shape index (κ3) is 8.28. The molecule has 4 aromatic carbocycles. The van der Waals surface area contributed by atoms with Crippen LogP contribution in [0.1, 0.15) is 33.9 Å². The second kappa shape index (κ2) is 14.3. The molecule has 42 heavy (non-hydrogen) atoms. The van der Waals surface area contributed by atoms with Gasteiger partial charge in [0, 0.05) is 18.8 Å². The first kappa shape index (κ1) is 29.5. The number of amides is 5. The highest BCUT2D eigenvalue weighted by molar-refractivity contribution is 6.02. The van der Waals surface area contributed by atoms with Gasteiger partial charge in [-0.2, -0.15) is 0 Å². The summed E-state index contributed by atoms with van der Waals surface area (Å²) in [5.74, 6) is -1.53. The molecule has 9 nitrogen and oxygen atoms in total. The average molecular weight is 564 g/mol. The molecule has 0 heterocycles. The lowest BCUT2D eigenvalue weighted by Crippen LogP contribution is -2.48. The number of hydrogen-bond acceptors (Lipinski definition) is 5. The first-order valence-corrected chi connectivity index (χ1v) is 13.5. The molecule has 0 aromatic heterocycles. The molecule has 9 heteroatoms. The minimum Gasteiger partial charge on any atom is -0.399 e. The number of nitrogens with one attached hydrogen (secondary N) is 2. The molecule has 0 aliphatic carbocycles. The Hall–Kier alpha value is -5.44. The highest BCUT2D eigenvalue weighted by atomic mass is 16.2. The van der Waals surface area contributed by atoms with E-state index >= 15 is 0 Å². The molecule has 4 aromatic rings. The second-order valence-electron chi connectivity index (χ2n) is 9.81. The van der Waals surface area contributed by atoms with E-state index in [1.807, 2.05) is 60.7 Å². The van der Waals surface area contributed by atoms with Crippen molar-refractivity contribution < 1.29 is 19.2 Å². The van der Waals surface area contributed by atoms with Crippen molar-refractivity contribution in [3.63, 3.8) is 0 Å². The van der Waals surface area contributed by atoms with Gasteiger partial charge >= 0.3 is 6.03 Å². The normalized spacial score (nSPS) is 11.2. The number of rotatable bonds is 11. The summed E-state index contributed by atoms with van der Waals surface area (Å²) in [5.41, 5.74) is 15.1. The topological polar surface area (TPSA) is 148 Å². The van der Waals surface area contributed by atoms with Crippen LogP contribution in [-0.4, -0.2) is 28.7 Å². The van der Waals surface area contributed by atoms with Crippen molar-refractivity contribution in [2.75, 3.05) is 5.73 Å². The standard InChI is InChI=1S/C33H33N5O4/c34-28-13-7-12-27(20-28)31(32(41)36-21-25-14-16-26(17-15-25)22-37-33(35)42)38(29(39)18-23-8-3-1-4-9-23)30(40)19-24-10-5-2-6-11-24/h1-17,20,31H,18-19,21-22,34H2,(H,36,41)(H3,35,37,42). The van der Waals surface area contributed by atoms with Gasteiger partial charge in [-0.05, 0) is 39.9 Å². The molecular formula is C33H33N5O4. The van der Waals surface area contributed by atoms with Crippen LogP contribution < -0.4 is 22.1 Å². The van der Waals surface area contributed by atoms with E-state index in [-0.39, 0.29) is 25.9 Å². The Morgan fingerprint density at radius 2 is 1.12 bits per heavy atom. The van der Waals surface area contributed by atoms with E-state index in [4.69, 9.17) is 11.5 Å². The number of carbonyl (C=O) groups is 4. The molecule has 0 saturated heterocycles. The number of imide groups is 1. The van der Waals surface area contributed by atoms with Gasteiger partial charge < -0.3 is 22.1 Å². The number of carbonyl (C=O) groups excluding carboxylic acids is 4. The Bertz CT molecular complexity index is 1470. The van der Waals surface area contributed by atoms with Gasteiger partial charge in [0.25, 0.3) is 0 Å². The quantitative estimate of drug-likeness (QED) is 0.206. The van der Waals surface area contributed by atoms with Crippen LogP contribution in [0.15, 0.2) is 109 Å². The Morgan fingerprint density at radius 1 is 0.619 bits per heavy atom. The van der Waals surface area contributed by atoms with E-state index in [9.17, 15) is 19.2 Å². The van der Waals surface area contributed by atoms with Crippen LogP contribution in [-0.2, 0) is 40.3 Å². The van der Waals surface area contributed by atoms with Crippen LogP contribution in [0.5, 0.6) is 0 Å². The van der Waals surface area contributed by atoms with Gasteiger partial charge in [0.15, 0.2) is 0 Å². The summed E-state index contributed by atoms with van der Waals surface area (Å²) in [7, 11) is 0. The molecule has 5 amide bonds. The third-order valence-corrected chi connectivity index (χ3v) is 6.62. The predicted octanol–water partition coefficient (Wildman–Crippen LogP) is 3.64. The first-order valence-electron chi connectivity index (χ1n) is 13.5. The van der Waals surface area contributed by atoms with E-state index in [0.717, 1.165) is 27.2 Å². The van der Waals surface area contributed by atoms with Crippen LogP contribution in [0.25, 0.3) is 0 Å². The van der Waals surface area contributed by atoms with Gasteiger partial charge in [0.2, 0.25) is 17.7 Å². The minimum absolute atomic E-state index is 0.0612. The van der Waals surface area contributed by atoms with E-state index in [1.54, 1.807) is 48.5 Å². The van der Waals surface area contributed by atoms with Crippen molar-refractivity contribution in [1.82, 2.24) is 15.5 Å². The molecule has 1 atom stereocenters. The molecule has 0 aliphatic heterocycles. The van der Waals surface area contributed by atoms with Gasteiger partial charge in [0.1, 0.15) is 6.04 Å². The highest BCUT2D eigenvalue weighted by Gasteiger charge is 2.36. The fourth-order valence-corrected chi connectivity index (χ4v) is 4.54. The van der Waals surface area contributed by atoms with Crippen molar-refractivity contribution in [2.45, 2.75) is 32.0 Å². The van der Waals surface area contributed by atoms with Crippen molar-refractivity contribution in [2.24, 2.45) is 5.73 Å². The predicted molar refractivity (Wildman–Crippen MR) is 160 cm³/mol. The van der Waals surface area contributed by atoms with Gasteiger partial charge in [0.05, 0.1) is 12.8 Å². The van der Waals surface area contributed by atoms with Crippen LogP contribution in [0.4, 0.5) is 10.5 Å². The summed E-state index contributed by atoms with van der Waals surface area (Å²) >= 11 is 0. The third-order valence-electron chi connectivity index (χ3n) is 6.62. The van der Waals surface area contributed by atoms with E-state index in [2.05, 4.69) is 10.6 Å². The SMILES string of the molecule is NC(=O)NCc1ccc(CNC(=O)C(c2cccc(N)c2)N(C(=O)Cc2ccccc2)C(=O)Cc2ccccc2)cc1. The Morgan fingerprint density at radius 3 is 1.60 bits per heavy atom. The molecule has 4 rings (SSSR count). The van der Waals surface area contributed by atoms with Gasteiger partial charge in [-0.25, -0.2) is 4.79 Å². The summed E-state index contributed by atoms with van der Waals surface area (Å²) in [4.78, 5) is 53.6. The zero-order chi connectivity index (χ0) is 29.9. The summed E-state index contributed by atoms with van der Waals surface area (Å²) in [5, 5.41) is 5.42. The van der Waals surface area contributed by atoms with Gasteiger partial charge in [-0.15, -0.1) is 0 Å². The molecule has 0 aliphatic rings. The van der Waals surface area contributed by atoms with Crippen molar-refractivity contribution in [3.05, 3.63) is 137 Å². The highest BCUT2D eigenvalue weighted by Crippen LogP contribution is 2.26. The molecule has 0 bridgehead atoms. The van der Waals surface area contributed by atoms with Crippen molar-refractivity contribution >= 4 is 29.4 Å². The largest absolute Gasteiger partial charge is 0.399 e. The lowest BCUT2D eigenvalue weighted by molar-refractivity contribution is -0.151. The maximum atomic E-state index is 13.9. The number of urea groups is 1. The maximum Gasteiger partial charge on any atom is 0.312 e. The number of nitrogens with two attached hydrogens (primary N) is 2. The molecule has 214 valence electrons. The molecule has 6 N–H and O–H groups in total. The van der Waals surface area contributed by atoms with E-state index < -0.39 is 29.8 Å². The summed E-state index contributed by atoms with van der Waals surface area (Å²) < 4.78 is 0. The molecule has 0 saturated carbocycles. The number of hydrogen-bond donors (Lipinski definition) is 4. The lowest BCUT2D eigenvalue weighted by atomic mass is 10.0. The lowest BCUT2D eigenvalue weighted by Gasteiger charge is -2.30. The fourth-order valence-electron chi connectivity index (χ4n) is 4.54. The van der Waals surface area contributed by atoms with Crippen LogP contribution in [0, 0.1) is 0 Å². The Labute approximate surface area is 244 Å². The van der Waals surface area contributed by atoms with Crippen LogP contribution >= 0.6 is 0 Å². The fraction of sp³-hybridized carbons (Fsp3) is 0.152. The molecule has 0 radical (unpaired) electrons. The second-order valence-corrected chi connectivity index (χ2v) is 9.81. The monoisotopic (exact) mass is 563 g/mol. The average Bonchev–Trinajstić information content (AvgIpc) is 2.99. The molecular weight excluding hydrogens is 530 g/mol. The summed E-state index contributed by atoms with van der Waals surface area (Å²) in [6, 6.07) is 30.2. The Kier molecular flexibility index (Phi) is 10.0. The van der Waals surface area contributed by atoms with E-state index in [0.29, 0.717) is 11.3 Å². The number of nitrogens with zero attached hydrogens (tertiary/aromatic N) is 1. The summed E-state index contributed by atoms with van der Waals surface area (Å²) in [6.07, 6.45) is -0.122. The number of nitrogen functional groups attached to an aromatic ring is 1. The van der Waals surface area contributed by atoms with E-state index in [1.165, 1.54) is 0 Å². The number of anilines is 1. The maximum absolute atomic E-state index is 13.9.